The molecule has 0 unspecified atom stereocenters. The van der Waals surface area contributed by atoms with Gasteiger partial charge in [-0.3, -0.25) is 9.97 Å². The summed E-state index contributed by atoms with van der Waals surface area (Å²) in [5.41, 5.74) is 3.98. The number of rotatable bonds is 2. The minimum absolute atomic E-state index is 0.810. The van der Waals surface area contributed by atoms with Gasteiger partial charge in [0.15, 0.2) is 7.85 Å². The highest BCUT2D eigenvalue weighted by Gasteiger charge is 2.04. The van der Waals surface area contributed by atoms with Crippen LogP contribution in [0.3, 0.4) is 0 Å². The summed E-state index contributed by atoms with van der Waals surface area (Å²) >= 11 is 0. The van der Waals surface area contributed by atoms with Gasteiger partial charge in [0.05, 0.1) is 12.8 Å². The van der Waals surface area contributed by atoms with Gasteiger partial charge in [0, 0.05) is 23.6 Å². The lowest BCUT2D eigenvalue weighted by molar-refractivity contribution is 0.417. The van der Waals surface area contributed by atoms with Crippen molar-refractivity contribution in [2.75, 3.05) is 7.11 Å². The van der Waals surface area contributed by atoms with Crippen molar-refractivity contribution in [2.24, 2.45) is 0 Å². The molecule has 0 amide bonds. The van der Waals surface area contributed by atoms with Crippen LogP contribution < -0.4 is 15.8 Å². The Morgan fingerprint density at radius 1 is 1.19 bits per heavy atom. The summed E-state index contributed by atoms with van der Waals surface area (Å²) in [6.07, 6.45) is 3.65. The van der Waals surface area contributed by atoms with Gasteiger partial charge in [-0.05, 0) is 12.1 Å². The Kier molecular flexibility index (Phi) is 2.95. The molecule has 0 saturated heterocycles. The number of hydrogen-bond acceptors (Lipinski definition) is 3. The van der Waals surface area contributed by atoms with Crippen molar-refractivity contribution >= 4 is 26.7 Å². The van der Waals surface area contributed by atoms with Gasteiger partial charge in [-0.1, -0.05) is 11.5 Å². The third-order valence-electron chi connectivity index (χ3n) is 2.43. The van der Waals surface area contributed by atoms with E-state index in [1.54, 1.807) is 7.11 Å². The van der Waals surface area contributed by atoms with Gasteiger partial charge in [-0.25, -0.2) is 0 Å². The van der Waals surface area contributed by atoms with Gasteiger partial charge in [0.2, 0.25) is 0 Å². The first-order chi connectivity index (χ1) is 7.70. The molecule has 0 radical (unpaired) electrons. The molecular weight excluding hydrogens is 198 g/mol. The Morgan fingerprint density at radius 3 is 2.62 bits per heavy atom. The molecule has 0 fully saturated rings. The summed E-state index contributed by atoms with van der Waals surface area (Å²) in [7, 11) is 5.61. The fourth-order valence-corrected chi connectivity index (χ4v) is 1.62. The van der Waals surface area contributed by atoms with Crippen molar-refractivity contribution in [1.29, 1.82) is 0 Å². The number of nitrogens with zero attached hydrogens (tertiary/aromatic N) is 2. The zero-order chi connectivity index (χ0) is 11.5. The molecule has 2 heterocycles. The van der Waals surface area contributed by atoms with E-state index in [1.165, 1.54) is 0 Å². The lowest BCUT2D eigenvalue weighted by Crippen LogP contribution is -2.13. The molecule has 5 heteroatoms. The maximum absolute atomic E-state index is 5.18. The Labute approximate surface area is 96.7 Å². The molecule has 0 aliphatic heterocycles. The fraction of sp³-hybridized carbons (Fsp3) is 0.0909. The molecule has 3 nitrogen and oxygen atoms in total. The van der Waals surface area contributed by atoms with Crippen molar-refractivity contribution in [3.63, 3.8) is 0 Å². The predicted molar refractivity (Wildman–Crippen MR) is 70.4 cm³/mol. The summed E-state index contributed by atoms with van der Waals surface area (Å²) in [6.45, 7) is 0. The Hall–Kier alpha value is -1.77. The molecule has 0 atom stereocenters. The molecule has 78 valence electrons. The number of aromatic nitrogens is 2. The van der Waals surface area contributed by atoms with Crippen molar-refractivity contribution in [2.45, 2.75) is 0 Å². The van der Waals surface area contributed by atoms with Gasteiger partial charge < -0.3 is 4.74 Å². The summed E-state index contributed by atoms with van der Waals surface area (Å²) in [6, 6.07) is 5.95. The van der Waals surface area contributed by atoms with Gasteiger partial charge in [-0.2, -0.15) is 0 Å². The molecule has 0 aliphatic carbocycles. The van der Waals surface area contributed by atoms with E-state index in [0.29, 0.717) is 0 Å². The van der Waals surface area contributed by atoms with Gasteiger partial charge in [0.1, 0.15) is 13.6 Å². The summed E-state index contributed by atoms with van der Waals surface area (Å²) in [5.74, 6) is 0.810. The van der Waals surface area contributed by atoms with Crippen molar-refractivity contribution < 1.29 is 4.74 Å². The van der Waals surface area contributed by atoms with Crippen LogP contribution in [-0.4, -0.2) is 32.8 Å². The van der Waals surface area contributed by atoms with E-state index in [2.05, 4.69) is 16.0 Å². The molecule has 0 N–H and O–H groups in total. The maximum atomic E-state index is 5.18. The van der Waals surface area contributed by atoms with E-state index in [1.807, 2.05) is 40.2 Å². The molecule has 2 rings (SSSR count). The van der Waals surface area contributed by atoms with E-state index in [0.717, 1.165) is 28.1 Å². The van der Waals surface area contributed by atoms with Crippen LogP contribution in [0, 0.1) is 0 Å². The maximum Gasteiger partial charge on any atom is 0.168 e. The smallest absolute Gasteiger partial charge is 0.168 e. The Balaban J connectivity index is 2.45. The van der Waals surface area contributed by atoms with Crippen molar-refractivity contribution in [3.8, 4) is 17.0 Å². The number of ether oxygens (including phenoxy) is 1. The zero-order valence-electron chi connectivity index (χ0n) is 9.69. The van der Waals surface area contributed by atoms with Crippen LogP contribution in [0.4, 0.5) is 0 Å². The molecule has 2 aromatic rings. The average molecular weight is 210 g/mol. The first kappa shape index (κ1) is 10.7. The highest BCUT2D eigenvalue weighted by atomic mass is 16.5. The molecule has 0 aromatic carbocycles. The number of pyridine rings is 2. The normalized spacial score (nSPS) is 10.1. The lowest BCUT2D eigenvalue weighted by atomic mass is 9.95. The molecule has 16 heavy (non-hydrogen) atoms. The van der Waals surface area contributed by atoms with E-state index >= 15 is 0 Å². The van der Waals surface area contributed by atoms with Gasteiger partial charge in [-0.15, -0.1) is 0 Å². The molecule has 0 bridgehead atoms. The molecule has 0 spiro atoms. The summed E-state index contributed by atoms with van der Waals surface area (Å²) in [4.78, 5) is 8.65. The second-order valence-electron chi connectivity index (χ2n) is 3.74. The van der Waals surface area contributed by atoms with E-state index in [4.69, 9.17) is 4.74 Å². The van der Waals surface area contributed by atoms with E-state index in [9.17, 15) is 0 Å². The van der Waals surface area contributed by atoms with Crippen molar-refractivity contribution in [1.82, 2.24) is 9.97 Å². The third-order valence-corrected chi connectivity index (χ3v) is 2.43. The topological polar surface area (TPSA) is 35.0 Å². The third kappa shape index (κ3) is 2.08. The Bertz CT molecular complexity index is 517. The molecule has 2 aromatic heterocycles. The highest BCUT2D eigenvalue weighted by molar-refractivity contribution is 6.33. The first-order valence-corrected chi connectivity index (χ1v) is 5.14. The van der Waals surface area contributed by atoms with Crippen LogP contribution in [0.1, 0.15) is 0 Å². The monoisotopic (exact) mass is 210 g/mol. The van der Waals surface area contributed by atoms with Crippen LogP contribution in [0.5, 0.6) is 5.75 Å². The zero-order valence-corrected chi connectivity index (χ0v) is 9.69. The second kappa shape index (κ2) is 4.39. The minimum Gasteiger partial charge on any atom is -0.496 e. The standard InChI is InChI=1S/C11H12B2N2O/c1-16-10-3-2-9(15-11(10)13)7-4-8(12)6-14-5-7/h2-6H,12-13H2,1H3. The van der Waals surface area contributed by atoms with Crippen LogP contribution in [0.2, 0.25) is 0 Å². The van der Waals surface area contributed by atoms with Crippen LogP contribution >= 0.6 is 0 Å². The van der Waals surface area contributed by atoms with Crippen LogP contribution in [-0.2, 0) is 0 Å². The summed E-state index contributed by atoms with van der Waals surface area (Å²) < 4.78 is 5.18. The van der Waals surface area contributed by atoms with E-state index < -0.39 is 0 Å². The highest BCUT2D eigenvalue weighted by Crippen LogP contribution is 2.15. The first-order valence-electron chi connectivity index (χ1n) is 5.14. The van der Waals surface area contributed by atoms with Gasteiger partial charge in [0.25, 0.3) is 0 Å². The van der Waals surface area contributed by atoms with Crippen LogP contribution in [0.15, 0.2) is 30.6 Å². The SMILES string of the molecule is Bc1cncc(-c2ccc(OC)c(B)n2)c1. The minimum atomic E-state index is 0.810. The van der Waals surface area contributed by atoms with Crippen molar-refractivity contribution in [3.05, 3.63) is 30.6 Å². The quantitative estimate of drug-likeness (QED) is 0.576. The lowest BCUT2D eigenvalue weighted by Gasteiger charge is -2.07. The second-order valence-corrected chi connectivity index (χ2v) is 3.74. The van der Waals surface area contributed by atoms with Crippen LogP contribution in [0.25, 0.3) is 11.3 Å². The average Bonchev–Trinajstić information content (AvgIpc) is 2.29. The molecule has 0 saturated carbocycles. The Morgan fingerprint density at radius 2 is 2.00 bits per heavy atom. The van der Waals surface area contributed by atoms with E-state index in [-0.39, 0.29) is 0 Å². The fourth-order valence-electron chi connectivity index (χ4n) is 1.62. The molecular formula is C11H12B2N2O. The predicted octanol–water partition coefficient (Wildman–Crippen LogP) is -1.33. The largest absolute Gasteiger partial charge is 0.496 e. The number of methoxy groups -OCH3 is 1. The number of hydrogen-bond donors (Lipinski definition) is 0. The molecule has 0 aliphatic rings. The van der Waals surface area contributed by atoms with Gasteiger partial charge >= 0.3 is 0 Å². The summed E-state index contributed by atoms with van der Waals surface area (Å²) in [5, 5.41) is 0.